The fourth-order valence-electron chi connectivity index (χ4n) is 1.72. The highest BCUT2D eigenvalue weighted by molar-refractivity contribution is 5.94. The van der Waals surface area contributed by atoms with Gasteiger partial charge in [-0.05, 0) is 20.3 Å². The van der Waals surface area contributed by atoms with Crippen LogP contribution in [0.1, 0.15) is 26.7 Å². The fraction of sp³-hybridized carbons (Fsp3) is 0.643. The molecule has 0 saturated heterocycles. The number of amides is 4. The molecule has 0 aromatic carbocycles. The number of hydrogen-bond donors (Lipinski definition) is 7. The van der Waals surface area contributed by atoms with Crippen LogP contribution in [0.25, 0.3) is 0 Å². The first-order chi connectivity index (χ1) is 12.0. The van der Waals surface area contributed by atoms with E-state index in [9.17, 15) is 24.0 Å². The van der Waals surface area contributed by atoms with E-state index in [4.69, 9.17) is 21.7 Å². The van der Waals surface area contributed by atoms with Crippen molar-refractivity contribution in [1.82, 2.24) is 16.0 Å². The van der Waals surface area contributed by atoms with E-state index >= 15 is 0 Å². The molecule has 0 aliphatic heterocycles. The highest BCUT2D eigenvalue weighted by Crippen LogP contribution is 2.00. The van der Waals surface area contributed by atoms with E-state index in [1.54, 1.807) is 0 Å². The van der Waals surface area contributed by atoms with Crippen LogP contribution in [0.15, 0.2) is 0 Å². The van der Waals surface area contributed by atoms with Gasteiger partial charge in [-0.2, -0.15) is 0 Å². The lowest BCUT2D eigenvalue weighted by molar-refractivity contribution is -0.143. The van der Waals surface area contributed by atoms with Crippen molar-refractivity contribution in [2.45, 2.75) is 50.9 Å². The number of primary amides is 1. The molecular weight excluding hydrogens is 350 g/mol. The molecule has 0 radical (unpaired) electrons. The zero-order chi connectivity index (χ0) is 20.4. The van der Waals surface area contributed by atoms with E-state index in [2.05, 4.69) is 10.6 Å². The first kappa shape index (κ1) is 23.3. The summed E-state index contributed by atoms with van der Waals surface area (Å²) in [6.07, 6.45) is -0.450. The lowest BCUT2D eigenvalue weighted by Crippen LogP contribution is -2.56. The third-order valence-corrected chi connectivity index (χ3v) is 3.28. The summed E-state index contributed by atoms with van der Waals surface area (Å²) >= 11 is 0. The maximum Gasteiger partial charge on any atom is 0.328 e. The number of aliphatic carboxylic acids is 1. The van der Waals surface area contributed by atoms with Gasteiger partial charge in [0.2, 0.25) is 23.6 Å². The summed E-state index contributed by atoms with van der Waals surface area (Å²) in [5.41, 5.74) is 10.4. The minimum absolute atomic E-state index is 0.196. The Kier molecular flexibility index (Phi) is 9.84. The van der Waals surface area contributed by atoms with Gasteiger partial charge < -0.3 is 37.6 Å². The molecule has 0 spiro atoms. The maximum absolute atomic E-state index is 12.2. The van der Waals surface area contributed by atoms with Gasteiger partial charge in [-0.25, -0.2) is 4.79 Å². The Hall–Kier alpha value is -2.73. The van der Waals surface area contributed by atoms with Crippen LogP contribution in [0.3, 0.4) is 0 Å². The molecule has 0 bridgehead atoms. The smallest absolute Gasteiger partial charge is 0.328 e. The van der Waals surface area contributed by atoms with Gasteiger partial charge in [0.25, 0.3) is 0 Å². The number of nitrogens with one attached hydrogen (secondary N) is 3. The second kappa shape index (κ2) is 11.0. The van der Waals surface area contributed by atoms with Crippen molar-refractivity contribution in [2.24, 2.45) is 11.5 Å². The molecule has 26 heavy (non-hydrogen) atoms. The van der Waals surface area contributed by atoms with E-state index < -0.39 is 60.4 Å². The summed E-state index contributed by atoms with van der Waals surface area (Å²) in [7, 11) is 0. The summed E-state index contributed by atoms with van der Waals surface area (Å²) in [5.74, 6) is -4.46. The van der Waals surface area contributed by atoms with Gasteiger partial charge in [0.05, 0.1) is 12.6 Å². The monoisotopic (exact) mass is 375 g/mol. The van der Waals surface area contributed by atoms with Crippen molar-refractivity contribution in [2.75, 3.05) is 6.61 Å². The Bertz CT molecular complexity index is 552. The molecule has 0 fully saturated rings. The average Bonchev–Trinajstić information content (AvgIpc) is 2.54. The Morgan fingerprint density at radius 3 is 1.88 bits per heavy atom. The van der Waals surface area contributed by atoms with Crippen LogP contribution in [0, 0.1) is 0 Å². The Balaban J connectivity index is 5.03. The highest BCUT2D eigenvalue weighted by Gasteiger charge is 2.28. The van der Waals surface area contributed by atoms with Gasteiger partial charge in [-0.3, -0.25) is 19.2 Å². The van der Waals surface area contributed by atoms with Crippen LogP contribution >= 0.6 is 0 Å². The number of carbonyl (C=O) groups excluding carboxylic acids is 4. The zero-order valence-corrected chi connectivity index (χ0v) is 14.5. The molecule has 148 valence electrons. The van der Waals surface area contributed by atoms with Crippen molar-refractivity contribution in [3.63, 3.8) is 0 Å². The lowest BCUT2D eigenvalue weighted by Gasteiger charge is -2.22. The van der Waals surface area contributed by atoms with E-state index in [0.29, 0.717) is 0 Å². The molecule has 4 atom stereocenters. The molecule has 0 aromatic heterocycles. The molecule has 0 aliphatic rings. The molecule has 4 amide bonds. The predicted molar refractivity (Wildman–Crippen MR) is 88.3 cm³/mol. The van der Waals surface area contributed by atoms with E-state index in [-0.39, 0.29) is 12.8 Å². The maximum atomic E-state index is 12.2. The third-order valence-electron chi connectivity index (χ3n) is 3.28. The Labute approximate surface area is 149 Å². The van der Waals surface area contributed by atoms with Gasteiger partial charge >= 0.3 is 5.97 Å². The number of rotatable bonds is 11. The molecule has 12 heteroatoms. The van der Waals surface area contributed by atoms with Crippen molar-refractivity contribution < 1.29 is 34.2 Å². The number of carbonyl (C=O) groups is 5. The molecule has 0 rings (SSSR count). The van der Waals surface area contributed by atoms with Crippen molar-refractivity contribution in [3.8, 4) is 0 Å². The second-order valence-electron chi connectivity index (χ2n) is 5.67. The van der Waals surface area contributed by atoms with Crippen LogP contribution in [-0.2, 0) is 24.0 Å². The second-order valence-corrected chi connectivity index (χ2v) is 5.67. The number of carboxylic acids is 1. The molecule has 9 N–H and O–H groups in total. The van der Waals surface area contributed by atoms with Crippen LogP contribution in [0.2, 0.25) is 0 Å². The van der Waals surface area contributed by atoms with Crippen LogP contribution in [-0.4, -0.2) is 70.6 Å². The van der Waals surface area contributed by atoms with Crippen LogP contribution in [0.5, 0.6) is 0 Å². The van der Waals surface area contributed by atoms with Gasteiger partial charge in [0, 0.05) is 6.42 Å². The molecule has 12 nitrogen and oxygen atoms in total. The van der Waals surface area contributed by atoms with Crippen LogP contribution in [0.4, 0.5) is 0 Å². The fourth-order valence-corrected chi connectivity index (χ4v) is 1.72. The molecule has 0 aromatic rings. The molecular formula is C14H25N5O7. The molecule has 4 unspecified atom stereocenters. The van der Waals surface area contributed by atoms with Crippen molar-refractivity contribution >= 4 is 29.6 Å². The van der Waals surface area contributed by atoms with E-state index in [0.717, 1.165) is 0 Å². The summed E-state index contributed by atoms with van der Waals surface area (Å²) < 4.78 is 0. The average molecular weight is 375 g/mol. The predicted octanol–water partition coefficient (Wildman–Crippen LogP) is -3.85. The van der Waals surface area contributed by atoms with Crippen LogP contribution < -0.4 is 27.4 Å². The summed E-state index contributed by atoms with van der Waals surface area (Å²) in [5, 5.41) is 24.4. The normalized spacial score (nSPS) is 15.1. The Morgan fingerprint density at radius 2 is 1.46 bits per heavy atom. The quantitative estimate of drug-likeness (QED) is 0.189. The molecule has 0 aliphatic carbocycles. The largest absolute Gasteiger partial charge is 0.480 e. The summed E-state index contributed by atoms with van der Waals surface area (Å²) in [6.45, 7) is 1.91. The van der Waals surface area contributed by atoms with Gasteiger partial charge in [-0.15, -0.1) is 0 Å². The minimum Gasteiger partial charge on any atom is -0.480 e. The highest BCUT2D eigenvalue weighted by atomic mass is 16.4. The first-order valence-electron chi connectivity index (χ1n) is 7.78. The topological polar surface area (TPSA) is 214 Å². The lowest BCUT2D eigenvalue weighted by atomic mass is 10.1. The number of aliphatic hydroxyl groups excluding tert-OH is 1. The Morgan fingerprint density at radius 1 is 0.923 bits per heavy atom. The third kappa shape index (κ3) is 8.39. The SMILES string of the molecule is CC(N)C(=O)NC(C)C(=O)NC(CCC(N)=O)C(=O)NC(CO)C(=O)O. The number of nitrogens with two attached hydrogens (primary N) is 2. The zero-order valence-electron chi connectivity index (χ0n) is 14.5. The van der Waals surface area contributed by atoms with Gasteiger partial charge in [-0.1, -0.05) is 0 Å². The van der Waals surface area contributed by atoms with Gasteiger partial charge in [0.1, 0.15) is 18.1 Å². The number of carboxylic acid groups (broad SMARTS) is 1. The van der Waals surface area contributed by atoms with Crippen molar-refractivity contribution in [3.05, 3.63) is 0 Å². The van der Waals surface area contributed by atoms with Gasteiger partial charge in [0.15, 0.2) is 0 Å². The summed E-state index contributed by atoms with van der Waals surface area (Å²) in [4.78, 5) is 57.6. The number of hydrogen-bond acceptors (Lipinski definition) is 7. The minimum atomic E-state index is -1.58. The van der Waals surface area contributed by atoms with E-state index in [1.165, 1.54) is 13.8 Å². The summed E-state index contributed by atoms with van der Waals surface area (Å²) in [6, 6.07) is -4.76. The molecule has 0 heterocycles. The van der Waals surface area contributed by atoms with E-state index in [1.807, 2.05) is 5.32 Å². The van der Waals surface area contributed by atoms with Crippen molar-refractivity contribution in [1.29, 1.82) is 0 Å². The standard InChI is InChI=1S/C14H25N5O7/c1-6(15)11(22)17-7(2)12(23)18-8(3-4-10(16)21)13(24)19-9(5-20)14(25)26/h6-9,20H,3-5,15H2,1-2H3,(H2,16,21)(H,17,22)(H,18,23)(H,19,24)(H,25,26). The first-order valence-corrected chi connectivity index (χ1v) is 7.78. The number of aliphatic hydroxyl groups is 1. The molecule has 0 saturated carbocycles.